The molecule has 0 aromatic heterocycles. The van der Waals surface area contributed by atoms with Gasteiger partial charge in [-0.05, 0) is 64.2 Å². The summed E-state index contributed by atoms with van der Waals surface area (Å²) in [6.45, 7) is 14.6. The SMILES string of the molecule is C=CCOC(=O)C(C(C)CC)N(Cc1ccc(OCCCCC(=O)O)cc1)C(=O)C(C)NC(=O)OC(C)(C)C. The number of carboxylic acids is 1. The van der Waals surface area contributed by atoms with Crippen molar-refractivity contribution < 1.29 is 38.5 Å². The third kappa shape index (κ3) is 12.7. The molecular weight excluding hydrogens is 504 g/mol. The number of benzene rings is 1. The highest BCUT2D eigenvalue weighted by Crippen LogP contribution is 2.22. The Morgan fingerprint density at radius 3 is 2.28 bits per heavy atom. The smallest absolute Gasteiger partial charge is 0.408 e. The zero-order valence-corrected chi connectivity index (χ0v) is 24.0. The van der Waals surface area contributed by atoms with Gasteiger partial charge in [0.25, 0.3) is 0 Å². The minimum atomic E-state index is -0.966. The van der Waals surface area contributed by atoms with Crippen LogP contribution < -0.4 is 10.1 Å². The number of carboxylic acid groups (broad SMARTS) is 1. The molecule has 0 spiro atoms. The van der Waals surface area contributed by atoms with Gasteiger partial charge in [0.1, 0.15) is 30.0 Å². The standard InChI is InChI=1S/C29H44N2O8/c1-8-17-38-27(35)25(20(3)9-2)31(26(34)21(4)30-28(36)39-29(5,6)7)19-22-13-15-23(16-14-22)37-18-11-10-12-24(32)33/h8,13-16,20-21,25H,1,9-12,17-19H2,2-7H3,(H,30,36)(H,32,33). The second-order valence-corrected chi connectivity index (χ2v) is 10.4. The molecule has 1 aromatic carbocycles. The van der Waals surface area contributed by atoms with Crippen molar-refractivity contribution in [2.24, 2.45) is 5.92 Å². The second-order valence-electron chi connectivity index (χ2n) is 10.4. The Hall–Kier alpha value is -3.56. The number of nitrogens with zero attached hydrogens (tertiary/aromatic N) is 1. The molecule has 0 aliphatic carbocycles. The fourth-order valence-electron chi connectivity index (χ4n) is 3.68. The highest BCUT2D eigenvalue weighted by Gasteiger charge is 2.37. The lowest BCUT2D eigenvalue weighted by Crippen LogP contribution is -2.55. The molecule has 3 atom stereocenters. The van der Waals surface area contributed by atoms with Gasteiger partial charge in [0.2, 0.25) is 5.91 Å². The Morgan fingerprint density at radius 1 is 1.10 bits per heavy atom. The predicted octanol–water partition coefficient (Wildman–Crippen LogP) is 4.71. The first-order valence-electron chi connectivity index (χ1n) is 13.3. The normalized spacial score (nSPS) is 13.4. The van der Waals surface area contributed by atoms with Gasteiger partial charge in [0.15, 0.2) is 0 Å². The van der Waals surface area contributed by atoms with Crippen molar-refractivity contribution in [2.75, 3.05) is 13.2 Å². The first-order chi connectivity index (χ1) is 18.3. The summed E-state index contributed by atoms with van der Waals surface area (Å²) >= 11 is 0. The minimum Gasteiger partial charge on any atom is -0.494 e. The van der Waals surface area contributed by atoms with Crippen LogP contribution in [0.5, 0.6) is 5.75 Å². The molecule has 10 heteroatoms. The molecule has 1 aromatic rings. The number of esters is 1. The Balaban J connectivity index is 3.13. The Morgan fingerprint density at radius 2 is 1.74 bits per heavy atom. The number of rotatable bonds is 16. The zero-order chi connectivity index (χ0) is 29.6. The summed E-state index contributed by atoms with van der Waals surface area (Å²) in [5.41, 5.74) is 0.0104. The van der Waals surface area contributed by atoms with Crippen LogP contribution in [-0.2, 0) is 30.4 Å². The van der Waals surface area contributed by atoms with Crippen LogP contribution in [0.4, 0.5) is 4.79 Å². The monoisotopic (exact) mass is 548 g/mol. The van der Waals surface area contributed by atoms with Crippen LogP contribution in [0.1, 0.15) is 72.8 Å². The van der Waals surface area contributed by atoms with Crippen LogP contribution in [0.25, 0.3) is 0 Å². The fraction of sp³-hybridized carbons (Fsp3) is 0.586. The average molecular weight is 549 g/mol. The van der Waals surface area contributed by atoms with Crippen LogP contribution in [0.3, 0.4) is 0 Å². The zero-order valence-electron chi connectivity index (χ0n) is 24.0. The lowest BCUT2D eigenvalue weighted by atomic mass is 9.96. The van der Waals surface area contributed by atoms with Crippen molar-refractivity contribution in [1.82, 2.24) is 10.2 Å². The fourth-order valence-corrected chi connectivity index (χ4v) is 3.68. The number of carbonyl (C=O) groups excluding carboxylic acids is 3. The maximum atomic E-state index is 13.7. The molecule has 2 amide bonds. The Kier molecular flexibility index (Phi) is 14.1. The number of alkyl carbamates (subject to hydrolysis) is 1. The van der Waals surface area contributed by atoms with Crippen molar-refractivity contribution in [2.45, 2.75) is 91.5 Å². The van der Waals surface area contributed by atoms with E-state index in [1.165, 1.54) is 11.0 Å². The lowest BCUT2D eigenvalue weighted by Gasteiger charge is -2.35. The van der Waals surface area contributed by atoms with E-state index in [1.54, 1.807) is 52.0 Å². The topological polar surface area (TPSA) is 131 Å². The van der Waals surface area contributed by atoms with Gasteiger partial charge >= 0.3 is 18.0 Å². The number of amides is 2. The molecule has 0 saturated carbocycles. The highest BCUT2D eigenvalue weighted by molar-refractivity contribution is 5.89. The van der Waals surface area contributed by atoms with Crippen LogP contribution in [0.2, 0.25) is 0 Å². The van der Waals surface area contributed by atoms with Crippen molar-refractivity contribution >= 4 is 23.9 Å². The third-order valence-corrected chi connectivity index (χ3v) is 5.82. The number of nitrogens with one attached hydrogen (secondary N) is 1. The van der Waals surface area contributed by atoms with Crippen LogP contribution in [0, 0.1) is 5.92 Å². The van der Waals surface area contributed by atoms with Gasteiger partial charge < -0.3 is 29.5 Å². The summed E-state index contributed by atoms with van der Waals surface area (Å²) < 4.78 is 16.3. The number of carbonyl (C=O) groups is 4. The first-order valence-corrected chi connectivity index (χ1v) is 13.3. The molecule has 0 aliphatic rings. The van der Waals surface area contributed by atoms with E-state index in [4.69, 9.17) is 19.3 Å². The Bertz CT molecular complexity index is 955. The van der Waals surface area contributed by atoms with Crippen LogP contribution in [0.15, 0.2) is 36.9 Å². The molecule has 0 bridgehead atoms. The number of aliphatic carboxylic acids is 1. The molecular formula is C29H44N2O8. The number of hydrogen-bond donors (Lipinski definition) is 2. The van der Waals surface area contributed by atoms with E-state index in [1.807, 2.05) is 13.8 Å². The Labute approximate surface area is 231 Å². The first kappa shape index (κ1) is 33.5. The molecule has 39 heavy (non-hydrogen) atoms. The molecule has 0 radical (unpaired) electrons. The minimum absolute atomic E-state index is 0.0119. The number of hydrogen-bond acceptors (Lipinski definition) is 7. The molecule has 0 aliphatic heterocycles. The molecule has 2 N–H and O–H groups in total. The molecule has 10 nitrogen and oxygen atoms in total. The maximum absolute atomic E-state index is 13.7. The van der Waals surface area contributed by atoms with Gasteiger partial charge in [-0.3, -0.25) is 9.59 Å². The van der Waals surface area contributed by atoms with E-state index in [0.29, 0.717) is 31.6 Å². The van der Waals surface area contributed by atoms with Crippen molar-refractivity contribution in [3.63, 3.8) is 0 Å². The molecule has 0 heterocycles. The number of unbranched alkanes of at least 4 members (excludes halogenated alkanes) is 1. The maximum Gasteiger partial charge on any atom is 0.408 e. The van der Waals surface area contributed by atoms with E-state index >= 15 is 0 Å². The van der Waals surface area contributed by atoms with Crippen LogP contribution in [-0.4, -0.2) is 64.8 Å². The summed E-state index contributed by atoms with van der Waals surface area (Å²) in [5.74, 6) is -1.47. The largest absolute Gasteiger partial charge is 0.494 e. The summed E-state index contributed by atoms with van der Waals surface area (Å²) in [6.07, 6.45) is 2.58. The molecule has 218 valence electrons. The second kappa shape index (κ2) is 16.4. The van der Waals surface area contributed by atoms with Gasteiger partial charge in [0.05, 0.1) is 6.61 Å². The van der Waals surface area contributed by atoms with E-state index in [0.717, 1.165) is 5.56 Å². The van der Waals surface area contributed by atoms with Gasteiger partial charge in [0, 0.05) is 13.0 Å². The van der Waals surface area contributed by atoms with Crippen molar-refractivity contribution in [3.05, 3.63) is 42.5 Å². The predicted molar refractivity (Wildman–Crippen MR) is 147 cm³/mol. The van der Waals surface area contributed by atoms with Gasteiger partial charge in [-0.15, -0.1) is 0 Å². The lowest BCUT2D eigenvalue weighted by molar-refractivity contribution is -0.158. The van der Waals surface area contributed by atoms with E-state index < -0.39 is 41.6 Å². The average Bonchev–Trinajstić information content (AvgIpc) is 2.85. The summed E-state index contributed by atoms with van der Waals surface area (Å²) in [5, 5.41) is 11.3. The molecule has 1 rings (SSSR count). The van der Waals surface area contributed by atoms with Crippen molar-refractivity contribution in [1.29, 1.82) is 0 Å². The summed E-state index contributed by atoms with van der Waals surface area (Å²) in [7, 11) is 0. The summed E-state index contributed by atoms with van der Waals surface area (Å²) in [6, 6.07) is 5.24. The third-order valence-electron chi connectivity index (χ3n) is 5.82. The van der Waals surface area contributed by atoms with E-state index in [9.17, 15) is 19.2 Å². The van der Waals surface area contributed by atoms with E-state index in [-0.39, 0.29) is 25.5 Å². The quantitative estimate of drug-likeness (QED) is 0.173. The highest BCUT2D eigenvalue weighted by atomic mass is 16.6. The van der Waals surface area contributed by atoms with E-state index in [2.05, 4.69) is 11.9 Å². The van der Waals surface area contributed by atoms with Gasteiger partial charge in [-0.25, -0.2) is 9.59 Å². The van der Waals surface area contributed by atoms with Crippen molar-refractivity contribution in [3.8, 4) is 5.75 Å². The van der Waals surface area contributed by atoms with Gasteiger partial charge in [-0.1, -0.05) is 45.1 Å². The van der Waals surface area contributed by atoms with Gasteiger partial charge in [-0.2, -0.15) is 0 Å². The molecule has 0 saturated heterocycles. The van der Waals surface area contributed by atoms with Crippen LogP contribution >= 0.6 is 0 Å². The molecule has 0 fully saturated rings. The number of ether oxygens (including phenoxy) is 3. The summed E-state index contributed by atoms with van der Waals surface area (Å²) in [4.78, 5) is 51.2. The molecule has 3 unspecified atom stereocenters.